The molecule has 2 N–H and O–H groups in total. The molecule has 0 aliphatic carbocycles. The summed E-state index contributed by atoms with van der Waals surface area (Å²) in [5, 5.41) is 7.62. The van der Waals surface area contributed by atoms with Crippen LogP contribution in [0.3, 0.4) is 0 Å². The molecule has 4 nitrogen and oxygen atoms in total. The van der Waals surface area contributed by atoms with E-state index in [1.165, 1.54) is 16.9 Å². The highest BCUT2D eigenvalue weighted by Gasteiger charge is 2.24. The first-order valence-corrected chi connectivity index (χ1v) is 10.8. The second-order valence-corrected chi connectivity index (χ2v) is 8.07. The van der Waals surface area contributed by atoms with Gasteiger partial charge in [0.05, 0.1) is 6.61 Å². The van der Waals surface area contributed by atoms with Crippen LogP contribution < -0.4 is 10.6 Å². The number of benzene rings is 2. The van der Waals surface area contributed by atoms with Crippen molar-refractivity contribution < 1.29 is 9.53 Å². The molecule has 0 spiro atoms. The number of esters is 1. The van der Waals surface area contributed by atoms with Crippen LogP contribution >= 0.6 is 23.6 Å². The van der Waals surface area contributed by atoms with Gasteiger partial charge < -0.3 is 15.4 Å². The van der Waals surface area contributed by atoms with Gasteiger partial charge in [0, 0.05) is 17.0 Å². The van der Waals surface area contributed by atoms with E-state index in [2.05, 4.69) is 22.8 Å². The highest BCUT2D eigenvalue weighted by Crippen LogP contribution is 2.40. The Bertz CT molecular complexity index is 969. The van der Waals surface area contributed by atoms with Crippen molar-refractivity contribution in [2.75, 3.05) is 18.5 Å². The number of carbonyl (C=O) groups is 1. The zero-order chi connectivity index (χ0) is 20.6. The lowest BCUT2D eigenvalue weighted by molar-refractivity contribution is 0.0529. The molecule has 1 heterocycles. The molecule has 0 radical (unpaired) electrons. The van der Waals surface area contributed by atoms with E-state index < -0.39 is 0 Å². The van der Waals surface area contributed by atoms with Crippen LogP contribution in [0.1, 0.15) is 27.7 Å². The van der Waals surface area contributed by atoms with E-state index in [-0.39, 0.29) is 5.97 Å². The van der Waals surface area contributed by atoms with E-state index in [9.17, 15) is 4.79 Å². The molecule has 0 amide bonds. The number of carbonyl (C=O) groups excluding carboxylic acids is 1. The molecule has 0 aliphatic heterocycles. The molecule has 1 aromatic heterocycles. The summed E-state index contributed by atoms with van der Waals surface area (Å²) in [4.78, 5) is 13.8. The van der Waals surface area contributed by atoms with Crippen molar-refractivity contribution in [3.63, 3.8) is 0 Å². The fourth-order valence-electron chi connectivity index (χ4n) is 3.10. The Balaban J connectivity index is 1.77. The van der Waals surface area contributed by atoms with E-state index >= 15 is 0 Å². The van der Waals surface area contributed by atoms with Gasteiger partial charge in [-0.2, -0.15) is 0 Å². The summed E-state index contributed by atoms with van der Waals surface area (Å²) in [7, 11) is 0. The van der Waals surface area contributed by atoms with Crippen molar-refractivity contribution in [2.24, 2.45) is 0 Å². The maximum Gasteiger partial charge on any atom is 0.341 e. The Morgan fingerprint density at radius 1 is 1.07 bits per heavy atom. The first-order valence-electron chi connectivity index (χ1n) is 9.54. The molecular weight excluding hydrogens is 400 g/mol. The third-order valence-corrected chi connectivity index (χ3v) is 5.66. The van der Waals surface area contributed by atoms with Gasteiger partial charge in [-0.1, -0.05) is 60.7 Å². The van der Waals surface area contributed by atoms with Gasteiger partial charge in [0.15, 0.2) is 5.11 Å². The summed E-state index contributed by atoms with van der Waals surface area (Å²) >= 11 is 6.97. The maximum atomic E-state index is 12.7. The van der Waals surface area contributed by atoms with Crippen LogP contribution in [-0.2, 0) is 11.2 Å². The van der Waals surface area contributed by atoms with E-state index in [1.807, 2.05) is 62.4 Å². The smallest absolute Gasteiger partial charge is 0.341 e. The number of nitrogens with one attached hydrogen (secondary N) is 2. The average molecular weight is 425 g/mol. The number of anilines is 1. The van der Waals surface area contributed by atoms with E-state index in [4.69, 9.17) is 17.0 Å². The van der Waals surface area contributed by atoms with Gasteiger partial charge in [-0.3, -0.25) is 0 Å². The summed E-state index contributed by atoms with van der Waals surface area (Å²) in [5.41, 5.74) is 3.66. The number of thiophene rings is 1. The molecule has 2 aromatic carbocycles. The lowest BCUT2D eigenvalue weighted by atomic mass is 10.0. The molecule has 29 heavy (non-hydrogen) atoms. The van der Waals surface area contributed by atoms with Crippen LogP contribution in [0.2, 0.25) is 0 Å². The van der Waals surface area contributed by atoms with Gasteiger partial charge in [-0.05, 0) is 43.6 Å². The fourth-order valence-corrected chi connectivity index (χ4v) is 4.43. The predicted octanol–water partition coefficient (Wildman–Crippen LogP) is 5.43. The number of rotatable bonds is 7. The van der Waals surface area contributed by atoms with Gasteiger partial charge in [0.1, 0.15) is 10.6 Å². The minimum Gasteiger partial charge on any atom is -0.462 e. The van der Waals surface area contributed by atoms with Gasteiger partial charge in [-0.15, -0.1) is 11.3 Å². The van der Waals surface area contributed by atoms with Gasteiger partial charge in [0.2, 0.25) is 0 Å². The van der Waals surface area contributed by atoms with Gasteiger partial charge in [0.25, 0.3) is 0 Å². The van der Waals surface area contributed by atoms with Crippen LogP contribution in [0.25, 0.3) is 11.1 Å². The van der Waals surface area contributed by atoms with Gasteiger partial charge >= 0.3 is 5.97 Å². The molecule has 150 valence electrons. The molecule has 0 bridgehead atoms. The zero-order valence-electron chi connectivity index (χ0n) is 16.5. The largest absolute Gasteiger partial charge is 0.462 e. The molecular formula is C23H24N2O2S2. The first kappa shape index (κ1) is 21.0. The molecule has 0 atom stereocenters. The van der Waals surface area contributed by atoms with Crippen LogP contribution in [0, 0.1) is 6.92 Å². The number of hydrogen-bond acceptors (Lipinski definition) is 4. The Morgan fingerprint density at radius 2 is 1.72 bits per heavy atom. The fraction of sp³-hybridized carbons (Fsp3) is 0.217. The zero-order valence-corrected chi connectivity index (χ0v) is 18.2. The van der Waals surface area contributed by atoms with Crippen molar-refractivity contribution in [2.45, 2.75) is 20.3 Å². The van der Waals surface area contributed by atoms with Crippen LogP contribution in [0.5, 0.6) is 0 Å². The SMILES string of the molecule is CCOC(=O)c1c(NC(=S)NCCc2ccccc2)sc(C)c1-c1ccccc1. The number of aryl methyl sites for hydroxylation is 1. The minimum absolute atomic E-state index is 0.321. The van der Waals surface area contributed by atoms with Gasteiger partial charge in [-0.25, -0.2) is 4.79 Å². The number of thiocarbonyl (C=S) groups is 1. The maximum absolute atomic E-state index is 12.7. The second kappa shape index (κ2) is 10.2. The van der Waals surface area contributed by atoms with Crippen molar-refractivity contribution in [3.05, 3.63) is 76.7 Å². The summed E-state index contributed by atoms with van der Waals surface area (Å²) in [5.74, 6) is -0.342. The van der Waals surface area contributed by atoms with E-state index in [1.54, 1.807) is 0 Å². The Labute approximate surface area is 180 Å². The number of ether oxygens (including phenoxy) is 1. The highest BCUT2D eigenvalue weighted by molar-refractivity contribution is 7.80. The quantitative estimate of drug-likeness (QED) is 0.391. The molecule has 0 saturated carbocycles. The molecule has 0 saturated heterocycles. The molecule has 0 unspecified atom stereocenters. The second-order valence-electron chi connectivity index (χ2n) is 6.44. The first-order chi connectivity index (χ1) is 14.1. The summed E-state index contributed by atoms with van der Waals surface area (Å²) in [6, 6.07) is 20.1. The number of hydrogen-bond donors (Lipinski definition) is 2. The van der Waals surface area contributed by atoms with Crippen LogP contribution in [0.15, 0.2) is 60.7 Å². The summed E-state index contributed by atoms with van der Waals surface area (Å²) < 4.78 is 5.33. The summed E-state index contributed by atoms with van der Waals surface area (Å²) in [6.07, 6.45) is 0.867. The third-order valence-electron chi connectivity index (χ3n) is 4.40. The molecule has 0 fully saturated rings. The van der Waals surface area contributed by atoms with Crippen molar-refractivity contribution in [1.82, 2.24) is 5.32 Å². The normalized spacial score (nSPS) is 10.4. The van der Waals surface area contributed by atoms with E-state index in [0.29, 0.717) is 28.8 Å². The minimum atomic E-state index is -0.342. The molecule has 3 rings (SSSR count). The Kier molecular flexibility index (Phi) is 7.38. The Morgan fingerprint density at radius 3 is 2.38 bits per heavy atom. The molecule has 6 heteroatoms. The van der Waals surface area contributed by atoms with Crippen molar-refractivity contribution in [1.29, 1.82) is 0 Å². The lowest BCUT2D eigenvalue weighted by Crippen LogP contribution is -2.30. The third kappa shape index (κ3) is 5.43. The lowest BCUT2D eigenvalue weighted by Gasteiger charge is -2.12. The van der Waals surface area contributed by atoms with Crippen LogP contribution in [0.4, 0.5) is 5.00 Å². The van der Waals surface area contributed by atoms with Crippen molar-refractivity contribution in [3.8, 4) is 11.1 Å². The van der Waals surface area contributed by atoms with E-state index in [0.717, 1.165) is 22.4 Å². The topological polar surface area (TPSA) is 50.4 Å². The highest BCUT2D eigenvalue weighted by atomic mass is 32.1. The summed E-state index contributed by atoms with van der Waals surface area (Å²) in [6.45, 7) is 4.84. The van der Waals surface area contributed by atoms with Crippen LogP contribution in [-0.4, -0.2) is 24.2 Å². The van der Waals surface area contributed by atoms with Crippen molar-refractivity contribution >= 4 is 39.6 Å². The Hall–Kier alpha value is -2.70. The monoisotopic (exact) mass is 424 g/mol. The predicted molar refractivity (Wildman–Crippen MR) is 125 cm³/mol. The standard InChI is InChI=1S/C23H24N2O2S2/c1-3-27-22(26)20-19(18-12-8-5-9-13-18)16(2)29-21(20)25-23(28)24-15-14-17-10-6-4-7-11-17/h4-13H,3,14-15H2,1-2H3,(H2,24,25,28). The molecule has 0 aliphatic rings. The molecule has 3 aromatic rings. The average Bonchev–Trinajstić information content (AvgIpc) is 3.05.